The van der Waals surface area contributed by atoms with Gasteiger partial charge in [-0.15, -0.1) is 6.58 Å². The Morgan fingerprint density at radius 3 is 2.79 bits per heavy atom. The molecule has 1 unspecified atom stereocenters. The molecule has 1 N–H and O–H groups in total. The maximum atomic E-state index is 9.81. The SMILES string of the molecule is C=CCCCC(O)c1ccccc1Cl. The summed E-state index contributed by atoms with van der Waals surface area (Å²) in [7, 11) is 0. The second kappa shape index (κ2) is 5.84. The molecule has 0 aromatic heterocycles. The van der Waals surface area contributed by atoms with Crippen LogP contribution in [0.3, 0.4) is 0 Å². The highest BCUT2D eigenvalue weighted by Crippen LogP contribution is 2.25. The Kier molecular flexibility index (Phi) is 4.71. The smallest absolute Gasteiger partial charge is 0.0804 e. The van der Waals surface area contributed by atoms with E-state index < -0.39 is 6.10 Å². The molecule has 14 heavy (non-hydrogen) atoms. The van der Waals surface area contributed by atoms with Gasteiger partial charge in [-0.1, -0.05) is 35.9 Å². The van der Waals surface area contributed by atoms with Crippen LogP contribution < -0.4 is 0 Å². The minimum atomic E-state index is -0.455. The van der Waals surface area contributed by atoms with Gasteiger partial charge >= 0.3 is 0 Å². The lowest BCUT2D eigenvalue weighted by Gasteiger charge is -2.11. The number of aliphatic hydroxyl groups excluding tert-OH is 1. The van der Waals surface area contributed by atoms with E-state index >= 15 is 0 Å². The first-order chi connectivity index (χ1) is 6.75. The summed E-state index contributed by atoms with van der Waals surface area (Å²) in [6, 6.07) is 7.41. The molecule has 0 saturated carbocycles. The molecule has 0 aliphatic rings. The van der Waals surface area contributed by atoms with Crippen LogP contribution in [0.1, 0.15) is 30.9 Å². The molecule has 0 saturated heterocycles. The first kappa shape index (κ1) is 11.3. The molecular formula is C12H15ClO. The molecule has 0 spiro atoms. The van der Waals surface area contributed by atoms with Gasteiger partial charge in [-0.25, -0.2) is 0 Å². The Hall–Kier alpha value is -0.790. The van der Waals surface area contributed by atoms with Crippen LogP contribution in [0.15, 0.2) is 36.9 Å². The highest BCUT2D eigenvalue weighted by molar-refractivity contribution is 6.31. The van der Waals surface area contributed by atoms with E-state index in [2.05, 4.69) is 6.58 Å². The first-order valence-electron chi connectivity index (χ1n) is 4.79. The van der Waals surface area contributed by atoms with E-state index in [0.29, 0.717) is 5.02 Å². The predicted octanol–water partition coefficient (Wildman–Crippen LogP) is 3.73. The van der Waals surface area contributed by atoms with Crippen molar-refractivity contribution in [1.29, 1.82) is 0 Å². The number of aliphatic hydroxyl groups is 1. The van der Waals surface area contributed by atoms with E-state index in [4.69, 9.17) is 11.6 Å². The van der Waals surface area contributed by atoms with Gasteiger partial charge in [-0.05, 0) is 30.9 Å². The lowest BCUT2D eigenvalue weighted by molar-refractivity contribution is 0.165. The van der Waals surface area contributed by atoms with E-state index in [1.165, 1.54) is 0 Å². The molecule has 0 heterocycles. The third-order valence-corrected chi connectivity index (χ3v) is 2.49. The standard InChI is InChI=1S/C12H15ClO/c1-2-3-4-9-12(14)10-7-5-6-8-11(10)13/h2,5-8,12,14H,1,3-4,9H2. The number of allylic oxidation sites excluding steroid dienone is 1. The van der Waals surface area contributed by atoms with Crippen molar-refractivity contribution < 1.29 is 5.11 Å². The van der Waals surface area contributed by atoms with E-state index in [0.717, 1.165) is 24.8 Å². The summed E-state index contributed by atoms with van der Waals surface area (Å²) < 4.78 is 0. The molecular weight excluding hydrogens is 196 g/mol. The summed E-state index contributed by atoms with van der Waals surface area (Å²) >= 11 is 5.95. The maximum absolute atomic E-state index is 9.81. The zero-order valence-electron chi connectivity index (χ0n) is 8.12. The van der Waals surface area contributed by atoms with E-state index in [1.54, 1.807) is 6.07 Å². The van der Waals surface area contributed by atoms with Gasteiger partial charge in [-0.2, -0.15) is 0 Å². The van der Waals surface area contributed by atoms with Crippen molar-refractivity contribution in [3.63, 3.8) is 0 Å². The van der Waals surface area contributed by atoms with Gasteiger partial charge in [-0.3, -0.25) is 0 Å². The summed E-state index contributed by atoms with van der Waals surface area (Å²) in [4.78, 5) is 0. The lowest BCUT2D eigenvalue weighted by Crippen LogP contribution is -1.97. The Morgan fingerprint density at radius 1 is 1.43 bits per heavy atom. The molecule has 76 valence electrons. The number of hydrogen-bond donors (Lipinski definition) is 1. The van der Waals surface area contributed by atoms with E-state index in [9.17, 15) is 5.11 Å². The van der Waals surface area contributed by atoms with Gasteiger partial charge < -0.3 is 5.11 Å². The largest absolute Gasteiger partial charge is 0.388 e. The topological polar surface area (TPSA) is 20.2 Å². The summed E-state index contributed by atoms with van der Waals surface area (Å²) in [5.74, 6) is 0. The van der Waals surface area contributed by atoms with Crippen LogP contribution in [0, 0.1) is 0 Å². The molecule has 1 atom stereocenters. The van der Waals surface area contributed by atoms with Gasteiger partial charge in [0.1, 0.15) is 0 Å². The van der Waals surface area contributed by atoms with Crippen LogP contribution in [-0.4, -0.2) is 5.11 Å². The molecule has 0 fully saturated rings. The fourth-order valence-corrected chi connectivity index (χ4v) is 1.62. The van der Waals surface area contributed by atoms with Crippen LogP contribution in [0.2, 0.25) is 5.02 Å². The second-order valence-electron chi connectivity index (χ2n) is 3.26. The van der Waals surface area contributed by atoms with Crippen molar-refractivity contribution in [2.45, 2.75) is 25.4 Å². The molecule has 1 aromatic carbocycles. The fraction of sp³-hybridized carbons (Fsp3) is 0.333. The van der Waals surface area contributed by atoms with Gasteiger partial charge in [0.05, 0.1) is 6.10 Å². The zero-order valence-corrected chi connectivity index (χ0v) is 8.87. The average molecular weight is 211 g/mol. The Morgan fingerprint density at radius 2 is 2.14 bits per heavy atom. The zero-order chi connectivity index (χ0) is 10.4. The minimum absolute atomic E-state index is 0.455. The Balaban J connectivity index is 2.55. The van der Waals surface area contributed by atoms with Crippen molar-refractivity contribution in [2.24, 2.45) is 0 Å². The molecule has 1 aromatic rings. The van der Waals surface area contributed by atoms with Crippen LogP contribution in [0.25, 0.3) is 0 Å². The lowest BCUT2D eigenvalue weighted by atomic mass is 10.0. The molecule has 0 bridgehead atoms. The van der Waals surface area contributed by atoms with Crippen molar-refractivity contribution in [2.75, 3.05) is 0 Å². The highest BCUT2D eigenvalue weighted by Gasteiger charge is 2.09. The van der Waals surface area contributed by atoms with Crippen molar-refractivity contribution in [1.82, 2.24) is 0 Å². The van der Waals surface area contributed by atoms with Gasteiger partial charge in [0.2, 0.25) is 0 Å². The highest BCUT2D eigenvalue weighted by atomic mass is 35.5. The first-order valence-corrected chi connectivity index (χ1v) is 5.17. The van der Waals surface area contributed by atoms with Crippen molar-refractivity contribution >= 4 is 11.6 Å². The monoisotopic (exact) mass is 210 g/mol. The molecule has 1 nitrogen and oxygen atoms in total. The van der Waals surface area contributed by atoms with Crippen molar-refractivity contribution in [3.05, 3.63) is 47.5 Å². The normalized spacial score (nSPS) is 12.4. The predicted molar refractivity (Wildman–Crippen MR) is 60.5 cm³/mol. The quantitative estimate of drug-likeness (QED) is 0.580. The summed E-state index contributed by atoms with van der Waals surface area (Å²) in [6.45, 7) is 3.64. The third-order valence-electron chi connectivity index (χ3n) is 2.15. The average Bonchev–Trinajstić information content (AvgIpc) is 2.18. The summed E-state index contributed by atoms with van der Waals surface area (Å²) in [5, 5.41) is 10.4. The number of rotatable bonds is 5. The number of unbranched alkanes of at least 4 members (excludes halogenated alkanes) is 1. The van der Waals surface area contributed by atoms with Crippen LogP contribution in [0.5, 0.6) is 0 Å². The molecule has 0 aliphatic carbocycles. The van der Waals surface area contributed by atoms with Gasteiger partial charge in [0.15, 0.2) is 0 Å². The molecule has 0 aliphatic heterocycles. The van der Waals surface area contributed by atoms with E-state index in [1.807, 2.05) is 24.3 Å². The molecule has 2 heteroatoms. The summed E-state index contributed by atoms with van der Waals surface area (Å²) in [5.41, 5.74) is 0.818. The molecule has 0 radical (unpaired) electrons. The van der Waals surface area contributed by atoms with Gasteiger partial charge in [0, 0.05) is 5.02 Å². The maximum Gasteiger partial charge on any atom is 0.0804 e. The third kappa shape index (κ3) is 3.17. The van der Waals surface area contributed by atoms with Crippen molar-refractivity contribution in [3.8, 4) is 0 Å². The summed E-state index contributed by atoms with van der Waals surface area (Å²) in [6.07, 6.45) is 4.01. The van der Waals surface area contributed by atoms with Crippen LogP contribution >= 0.6 is 11.6 Å². The molecule has 1 rings (SSSR count). The van der Waals surface area contributed by atoms with E-state index in [-0.39, 0.29) is 0 Å². The Labute approximate surface area is 90.0 Å². The van der Waals surface area contributed by atoms with Crippen LogP contribution in [-0.2, 0) is 0 Å². The second-order valence-corrected chi connectivity index (χ2v) is 3.66. The number of benzene rings is 1. The minimum Gasteiger partial charge on any atom is -0.388 e. The van der Waals surface area contributed by atoms with Gasteiger partial charge in [0.25, 0.3) is 0 Å². The molecule has 0 amide bonds. The Bertz CT molecular complexity index is 296. The number of hydrogen-bond acceptors (Lipinski definition) is 1. The fourth-order valence-electron chi connectivity index (χ4n) is 1.36. The van der Waals surface area contributed by atoms with Crippen LogP contribution in [0.4, 0.5) is 0 Å². The number of halogens is 1.